The standard InChI is InChI=1S/C18H32N2/c1-14(2)8-10-20(11-9-15(3)4)13-17-6-7-18(19)16(5)12-17/h6-7,12,14-15H,8-11,13,19H2,1-5H3. The molecular weight excluding hydrogens is 244 g/mol. The zero-order valence-corrected chi connectivity index (χ0v) is 13.9. The lowest BCUT2D eigenvalue weighted by Gasteiger charge is -2.24. The Labute approximate surface area is 125 Å². The van der Waals surface area contributed by atoms with E-state index in [1.54, 1.807) is 0 Å². The van der Waals surface area contributed by atoms with Crippen LogP contribution in [0.2, 0.25) is 0 Å². The lowest BCUT2D eigenvalue weighted by molar-refractivity contribution is 0.235. The van der Waals surface area contributed by atoms with Crippen LogP contribution in [0.5, 0.6) is 0 Å². The van der Waals surface area contributed by atoms with Crippen LogP contribution in [0.1, 0.15) is 51.7 Å². The van der Waals surface area contributed by atoms with Crippen molar-refractivity contribution in [1.82, 2.24) is 4.90 Å². The van der Waals surface area contributed by atoms with Crippen LogP contribution in [0, 0.1) is 18.8 Å². The predicted octanol–water partition coefficient (Wildman–Crippen LogP) is 4.47. The Morgan fingerprint density at radius 3 is 2.00 bits per heavy atom. The van der Waals surface area contributed by atoms with Crippen molar-refractivity contribution in [1.29, 1.82) is 0 Å². The molecule has 0 heterocycles. The summed E-state index contributed by atoms with van der Waals surface area (Å²) in [6.07, 6.45) is 2.54. The van der Waals surface area contributed by atoms with E-state index in [-0.39, 0.29) is 0 Å². The van der Waals surface area contributed by atoms with Crippen LogP contribution < -0.4 is 5.73 Å². The van der Waals surface area contributed by atoms with Gasteiger partial charge < -0.3 is 5.73 Å². The van der Waals surface area contributed by atoms with Gasteiger partial charge in [0, 0.05) is 12.2 Å². The van der Waals surface area contributed by atoms with Gasteiger partial charge in [0.05, 0.1) is 0 Å². The first-order valence-corrected chi connectivity index (χ1v) is 7.95. The van der Waals surface area contributed by atoms with E-state index in [2.05, 4.69) is 51.7 Å². The molecule has 0 aliphatic heterocycles. The van der Waals surface area contributed by atoms with E-state index in [0.29, 0.717) is 0 Å². The number of nitrogen functional groups attached to an aromatic ring is 1. The third kappa shape index (κ3) is 6.42. The second-order valence-electron chi connectivity index (χ2n) is 6.83. The molecule has 0 radical (unpaired) electrons. The molecule has 1 rings (SSSR count). The molecule has 1 aromatic rings. The van der Waals surface area contributed by atoms with Crippen LogP contribution in [-0.2, 0) is 6.54 Å². The molecule has 0 bridgehead atoms. The fraction of sp³-hybridized carbons (Fsp3) is 0.667. The molecule has 1 aromatic carbocycles. The van der Waals surface area contributed by atoms with E-state index >= 15 is 0 Å². The van der Waals surface area contributed by atoms with Crippen molar-refractivity contribution in [2.45, 2.75) is 54.0 Å². The van der Waals surface area contributed by atoms with E-state index in [1.165, 1.54) is 37.1 Å². The molecule has 2 N–H and O–H groups in total. The topological polar surface area (TPSA) is 29.3 Å². The van der Waals surface area contributed by atoms with Crippen LogP contribution >= 0.6 is 0 Å². The van der Waals surface area contributed by atoms with Crippen LogP contribution in [0.15, 0.2) is 18.2 Å². The van der Waals surface area contributed by atoms with Crippen molar-refractivity contribution in [3.63, 3.8) is 0 Å². The van der Waals surface area contributed by atoms with Crippen molar-refractivity contribution >= 4 is 5.69 Å². The highest BCUT2D eigenvalue weighted by molar-refractivity contribution is 5.47. The number of anilines is 1. The lowest BCUT2D eigenvalue weighted by atomic mass is 10.1. The third-order valence-electron chi connectivity index (χ3n) is 3.79. The van der Waals surface area contributed by atoms with Crippen molar-refractivity contribution in [3.8, 4) is 0 Å². The second-order valence-corrected chi connectivity index (χ2v) is 6.83. The van der Waals surface area contributed by atoms with E-state index in [1.807, 2.05) is 6.07 Å². The summed E-state index contributed by atoms with van der Waals surface area (Å²) in [4.78, 5) is 2.59. The third-order valence-corrected chi connectivity index (χ3v) is 3.79. The maximum atomic E-state index is 5.90. The Kier molecular flexibility index (Phi) is 7.08. The second kappa shape index (κ2) is 8.31. The van der Waals surface area contributed by atoms with Gasteiger partial charge in [0.25, 0.3) is 0 Å². The minimum absolute atomic E-state index is 0.768. The molecule has 20 heavy (non-hydrogen) atoms. The Morgan fingerprint density at radius 1 is 1.00 bits per heavy atom. The van der Waals surface area contributed by atoms with Gasteiger partial charge in [-0.05, 0) is 61.9 Å². The fourth-order valence-electron chi connectivity index (χ4n) is 2.25. The van der Waals surface area contributed by atoms with E-state index in [9.17, 15) is 0 Å². The molecule has 0 atom stereocenters. The molecule has 0 aliphatic rings. The van der Waals surface area contributed by atoms with E-state index < -0.39 is 0 Å². The van der Waals surface area contributed by atoms with Crippen molar-refractivity contribution in [2.24, 2.45) is 11.8 Å². The minimum Gasteiger partial charge on any atom is -0.399 e. The number of hydrogen-bond donors (Lipinski definition) is 1. The van der Waals surface area contributed by atoms with Gasteiger partial charge in [0.2, 0.25) is 0 Å². The number of rotatable bonds is 8. The molecule has 114 valence electrons. The quantitative estimate of drug-likeness (QED) is 0.710. The summed E-state index contributed by atoms with van der Waals surface area (Å²) in [6.45, 7) is 14.7. The number of aryl methyl sites for hydroxylation is 1. The average molecular weight is 276 g/mol. The molecule has 0 unspecified atom stereocenters. The largest absolute Gasteiger partial charge is 0.399 e. The number of nitrogens with zero attached hydrogens (tertiary/aromatic N) is 1. The highest BCUT2D eigenvalue weighted by Gasteiger charge is 2.09. The first-order valence-electron chi connectivity index (χ1n) is 7.95. The van der Waals surface area contributed by atoms with Gasteiger partial charge in [-0.2, -0.15) is 0 Å². The highest BCUT2D eigenvalue weighted by atomic mass is 15.1. The average Bonchev–Trinajstić information content (AvgIpc) is 2.36. The predicted molar refractivity (Wildman–Crippen MR) is 89.8 cm³/mol. The number of nitrogens with two attached hydrogens (primary N) is 1. The molecule has 0 saturated carbocycles. The number of hydrogen-bond acceptors (Lipinski definition) is 2. The molecule has 0 aliphatic carbocycles. The normalized spacial score (nSPS) is 11.8. The Hall–Kier alpha value is -1.02. The lowest BCUT2D eigenvalue weighted by Crippen LogP contribution is -2.27. The van der Waals surface area contributed by atoms with Gasteiger partial charge in [0.15, 0.2) is 0 Å². The summed E-state index contributed by atoms with van der Waals surface area (Å²) in [6, 6.07) is 6.43. The highest BCUT2D eigenvalue weighted by Crippen LogP contribution is 2.16. The van der Waals surface area contributed by atoms with Gasteiger partial charge in [-0.1, -0.05) is 39.8 Å². The van der Waals surface area contributed by atoms with Gasteiger partial charge in [-0.3, -0.25) is 4.90 Å². The molecule has 0 fully saturated rings. The molecule has 0 aromatic heterocycles. The summed E-state index contributed by atoms with van der Waals surface area (Å²) in [5.41, 5.74) is 9.36. The maximum absolute atomic E-state index is 5.90. The molecule has 2 nitrogen and oxygen atoms in total. The van der Waals surface area contributed by atoms with Gasteiger partial charge in [-0.15, -0.1) is 0 Å². The summed E-state index contributed by atoms with van der Waals surface area (Å²) >= 11 is 0. The molecular formula is C18H32N2. The zero-order valence-electron chi connectivity index (χ0n) is 13.9. The molecule has 0 amide bonds. The van der Waals surface area contributed by atoms with Crippen LogP contribution in [0.4, 0.5) is 5.69 Å². The molecule has 2 heteroatoms. The number of benzene rings is 1. The molecule has 0 spiro atoms. The van der Waals surface area contributed by atoms with E-state index in [0.717, 1.165) is 24.1 Å². The van der Waals surface area contributed by atoms with Gasteiger partial charge in [0.1, 0.15) is 0 Å². The zero-order chi connectivity index (χ0) is 15.1. The van der Waals surface area contributed by atoms with Crippen molar-refractivity contribution in [2.75, 3.05) is 18.8 Å². The van der Waals surface area contributed by atoms with E-state index in [4.69, 9.17) is 5.73 Å². The van der Waals surface area contributed by atoms with Crippen molar-refractivity contribution in [3.05, 3.63) is 29.3 Å². The first-order chi connectivity index (χ1) is 9.38. The maximum Gasteiger partial charge on any atom is 0.0343 e. The van der Waals surface area contributed by atoms with Crippen LogP contribution in [-0.4, -0.2) is 18.0 Å². The van der Waals surface area contributed by atoms with Crippen LogP contribution in [0.3, 0.4) is 0 Å². The fourth-order valence-corrected chi connectivity index (χ4v) is 2.25. The molecule has 0 saturated heterocycles. The monoisotopic (exact) mass is 276 g/mol. The Balaban J connectivity index is 2.63. The Bertz CT molecular complexity index is 384. The summed E-state index contributed by atoms with van der Waals surface area (Å²) in [7, 11) is 0. The SMILES string of the molecule is Cc1cc(CN(CCC(C)C)CCC(C)C)ccc1N. The van der Waals surface area contributed by atoms with Crippen LogP contribution in [0.25, 0.3) is 0 Å². The summed E-state index contributed by atoms with van der Waals surface area (Å²) in [5, 5.41) is 0. The first kappa shape index (κ1) is 17.0. The van der Waals surface area contributed by atoms with Crippen molar-refractivity contribution < 1.29 is 0 Å². The summed E-state index contributed by atoms with van der Waals surface area (Å²) < 4.78 is 0. The Morgan fingerprint density at radius 2 is 1.55 bits per heavy atom. The van der Waals surface area contributed by atoms with Gasteiger partial charge in [-0.25, -0.2) is 0 Å². The minimum atomic E-state index is 0.768. The smallest absolute Gasteiger partial charge is 0.0343 e. The summed E-state index contributed by atoms with van der Waals surface area (Å²) in [5.74, 6) is 1.54. The van der Waals surface area contributed by atoms with Gasteiger partial charge >= 0.3 is 0 Å².